The van der Waals surface area contributed by atoms with Crippen molar-refractivity contribution in [2.45, 2.75) is 0 Å². The van der Waals surface area contributed by atoms with Crippen LogP contribution in [0.2, 0.25) is 0 Å². The summed E-state index contributed by atoms with van der Waals surface area (Å²) in [7, 11) is 0. The molecule has 0 saturated carbocycles. The molecule has 2 heterocycles. The first-order chi connectivity index (χ1) is 23.8. The minimum atomic E-state index is 1.29. The Morgan fingerprint density at radius 2 is 0.542 bits per heavy atom. The maximum Gasteiger partial charge on any atom is 0.0434 e. The van der Waals surface area contributed by atoms with E-state index >= 15 is 0 Å². The van der Waals surface area contributed by atoms with Crippen molar-refractivity contribution in [3.63, 3.8) is 0 Å². The van der Waals surface area contributed by atoms with Gasteiger partial charge in [-0.3, -0.25) is 0 Å². The number of benzene rings is 9. The average molecular weight is 643 g/mol. The van der Waals surface area contributed by atoms with E-state index in [-0.39, 0.29) is 0 Å². The minimum absolute atomic E-state index is 1.29. The van der Waals surface area contributed by atoms with Gasteiger partial charge in [0.1, 0.15) is 0 Å². The van der Waals surface area contributed by atoms with Crippen molar-refractivity contribution in [2.24, 2.45) is 0 Å². The van der Waals surface area contributed by atoms with E-state index in [1.807, 2.05) is 22.7 Å². The third-order valence-corrected chi connectivity index (χ3v) is 12.7. The molecule has 0 fully saturated rings. The Bertz CT molecular complexity index is 2850. The van der Waals surface area contributed by atoms with E-state index in [0.29, 0.717) is 0 Å². The lowest BCUT2D eigenvalue weighted by molar-refractivity contribution is 1.71. The lowest BCUT2D eigenvalue weighted by Gasteiger charge is -2.20. The molecule has 11 aromatic rings. The van der Waals surface area contributed by atoms with Gasteiger partial charge in [-0.25, -0.2) is 0 Å². The zero-order chi connectivity index (χ0) is 31.3. The van der Waals surface area contributed by atoms with Gasteiger partial charge in [-0.05, 0) is 78.8 Å². The molecule has 0 N–H and O–H groups in total. The maximum atomic E-state index is 2.48. The van der Waals surface area contributed by atoms with Gasteiger partial charge in [0.05, 0.1) is 0 Å². The first kappa shape index (κ1) is 26.5. The van der Waals surface area contributed by atoms with Crippen LogP contribution in [0.25, 0.3) is 106 Å². The second kappa shape index (κ2) is 9.98. The van der Waals surface area contributed by atoms with E-state index in [1.165, 1.54) is 106 Å². The summed E-state index contributed by atoms with van der Waals surface area (Å²) in [6.07, 6.45) is 0. The van der Waals surface area contributed by atoms with Gasteiger partial charge in [-0.15, -0.1) is 22.7 Å². The highest BCUT2D eigenvalue weighted by Crippen LogP contribution is 2.51. The second-order valence-electron chi connectivity index (χ2n) is 12.7. The summed E-state index contributed by atoms with van der Waals surface area (Å²) < 4.78 is 5.40. The van der Waals surface area contributed by atoms with Crippen LogP contribution in [0.3, 0.4) is 0 Å². The van der Waals surface area contributed by atoms with Crippen molar-refractivity contribution in [1.29, 1.82) is 0 Å². The molecular formula is C46H26S2. The van der Waals surface area contributed by atoms with Gasteiger partial charge in [0.25, 0.3) is 0 Å². The summed E-state index contributed by atoms with van der Waals surface area (Å²) in [6.45, 7) is 0. The Kier molecular flexibility index (Phi) is 5.51. The van der Waals surface area contributed by atoms with Gasteiger partial charge >= 0.3 is 0 Å². The standard InChI is InChI=1S/C46H26S2/c1-7-21-35-27(13-1)37(25-39-29-15-9-11-23-41(29)47-45(35)39)43-31-17-3-5-19-33(31)44(34-20-6-4-18-32(34)43)38-26-40-30-16-10-12-24-42(30)48-46(40)36-22-8-2-14-28(36)38/h1-26H. The van der Waals surface area contributed by atoms with Crippen molar-refractivity contribution < 1.29 is 0 Å². The molecule has 222 valence electrons. The third-order valence-electron chi connectivity index (χ3n) is 10.2. The van der Waals surface area contributed by atoms with Crippen LogP contribution in [0.15, 0.2) is 158 Å². The minimum Gasteiger partial charge on any atom is -0.135 e. The Hall–Kier alpha value is -5.54. The highest BCUT2D eigenvalue weighted by molar-refractivity contribution is 7.27. The molecule has 2 aromatic heterocycles. The molecule has 9 aromatic carbocycles. The molecule has 0 spiro atoms. The van der Waals surface area contributed by atoms with Crippen molar-refractivity contribution in [3.8, 4) is 22.3 Å². The lowest BCUT2D eigenvalue weighted by atomic mass is 9.83. The molecule has 0 aliphatic heterocycles. The van der Waals surface area contributed by atoms with E-state index < -0.39 is 0 Å². The van der Waals surface area contributed by atoms with E-state index in [1.54, 1.807) is 0 Å². The Labute approximate surface area is 284 Å². The van der Waals surface area contributed by atoms with E-state index in [2.05, 4.69) is 158 Å². The van der Waals surface area contributed by atoms with Crippen LogP contribution in [0.4, 0.5) is 0 Å². The molecule has 2 heteroatoms. The van der Waals surface area contributed by atoms with Crippen LogP contribution in [-0.2, 0) is 0 Å². The molecule has 0 aliphatic rings. The highest BCUT2D eigenvalue weighted by Gasteiger charge is 2.22. The van der Waals surface area contributed by atoms with E-state index in [9.17, 15) is 0 Å². The summed E-state index contributed by atoms with van der Waals surface area (Å²) in [5.41, 5.74) is 5.21. The number of hydrogen-bond acceptors (Lipinski definition) is 2. The topological polar surface area (TPSA) is 0 Å². The first-order valence-corrected chi connectivity index (χ1v) is 18.1. The zero-order valence-electron chi connectivity index (χ0n) is 25.8. The van der Waals surface area contributed by atoms with Crippen LogP contribution in [0.1, 0.15) is 0 Å². The summed E-state index contributed by atoms with van der Waals surface area (Å²) in [5, 5.41) is 15.7. The molecule has 11 rings (SSSR count). The fourth-order valence-corrected chi connectivity index (χ4v) is 10.7. The third kappa shape index (κ3) is 3.59. The van der Waals surface area contributed by atoms with E-state index in [4.69, 9.17) is 0 Å². The van der Waals surface area contributed by atoms with Crippen molar-refractivity contribution in [2.75, 3.05) is 0 Å². The van der Waals surface area contributed by atoms with Crippen molar-refractivity contribution >= 4 is 106 Å². The SMILES string of the molecule is c1ccc2c(c1)sc1c3ccccc3c(-c3c4ccccc4c(-c4cc5c6ccccc6sc5c5ccccc45)c4ccccc34)cc21. The van der Waals surface area contributed by atoms with Gasteiger partial charge in [-0.1, -0.05) is 133 Å². The quantitative estimate of drug-likeness (QED) is 0.165. The van der Waals surface area contributed by atoms with Gasteiger partial charge in [0.15, 0.2) is 0 Å². The molecule has 0 atom stereocenters. The fourth-order valence-electron chi connectivity index (χ4n) is 8.22. The van der Waals surface area contributed by atoms with Crippen LogP contribution >= 0.6 is 22.7 Å². The molecule has 0 nitrogen and oxygen atoms in total. The molecule has 0 aliphatic carbocycles. The molecule has 0 unspecified atom stereocenters. The predicted molar refractivity (Wildman–Crippen MR) is 213 cm³/mol. The molecule has 0 saturated heterocycles. The molecular weight excluding hydrogens is 617 g/mol. The van der Waals surface area contributed by atoms with Crippen molar-refractivity contribution in [3.05, 3.63) is 158 Å². The van der Waals surface area contributed by atoms with Gasteiger partial charge < -0.3 is 0 Å². The predicted octanol–water partition coefficient (Wildman–Crippen LogP) is 14.4. The number of thiophene rings is 2. The molecule has 0 bridgehead atoms. The van der Waals surface area contributed by atoms with Gasteiger partial charge in [-0.2, -0.15) is 0 Å². The smallest absolute Gasteiger partial charge is 0.0434 e. The Morgan fingerprint density at radius 3 is 0.917 bits per heavy atom. The van der Waals surface area contributed by atoms with Crippen LogP contribution in [0.5, 0.6) is 0 Å². The van der Waals surface area contributed by atoms with Gasteiger partial charge in [0.2, 0.25) is 0 Å². The second-order valence-corrected chi connectivity index (χ2v) is 14.8. The first-order valence-electron chi connectivity index (χ1n) is 16.4. The maximum absolute atomic E-state index is 2.48. The zero-order valence-corrected chi connectivity index (χ0v) is 27.5. The molecule has 48 heavy (non-hydrogen) atoms. The van der Waals surface area contributed by atoms with Crippen LogP contribution in [0, 0.1) is 0 Å². The average Bonchev–Trinajstić information content (AvgIpc) is 3.72. The van der Waals surface area contributed by atoms with Crippen molar-refractivity contribution in [1.82, 2.24) is 0 Å². The Morgan fingerprint density at radius 1 is 0.250 bits per heavy atom. The summed E-state index contributed by atoms with van der Waals surface area (Å²) in [4.78, 5) is 0. The monoisotopic (exact) mass is 642 g/mol. The number of hydrogen-bond donors (Lipinski definition) is 0. The summed E-state index contributed by atoms with van der Waals surface area (Å²) in [6, 6.07) is 58.8. The van der Waals surface area contributed by atoms with Crippen LogP contribution in [-0.4, -0.2) is 0 Å². The fraction of sp³-hybridized carbons (Fsp3) is 0. The summed E-state index contributed by atoms with van der Waals surface area (Å²) in [5.74, 6) is 0. The van der Waals surface area contributed by atoms with Crippen LogP contribution < -0.4 is 0 Å². The molecule has 0 radical (unpaired) electrons. The largest absolute Gasteiger partial charge is 0.135 e. The summed E-state index contributed by atoms with van der Waals surface area (Å²) >= 11 is 3.81. The number of rotatable bonds is 2. The molecule has 0 amide bonds. The number of fused-ring (bicyclic) bond motifs is 12. The lowest BCUT2D eigenvalue weighted by Crippen LogP contribution is -1.92. The Balaban J connectivity index is 1.33. The normalized spacial score (nSPS) is 12.2. The van der Waals surface area contributed by atoms with E-state index in [0.717, 1.165) is 0 Å². The highest BCUT2D eigenvalue weighted by atomic mass is 32.1. The van der Waals surface area contributed by atoms with Gasteiger partial charge in [0, 0.05) is 51.1 Å².